The molecule has 6 nitrogen and oxygen atoms in total. The molecular weight excluding hydrogens is 294 g/mol. The van der Waals surface area contributed by atoms with Crippen molar-refractivity contribution in [3.8, 4) is 5.69 Å². The fourth-order valence-corrected chi connectivity index (χ4v) is 2.86. The van der Waals surface area contributed by atoms with Crippen molar-refractivity contribution in [2.75, 3.05) is 20.2 Å². The number of aromatic nitrogens is 2. The maximum atomic E-state index is 12.5. The van der Waals surface area contributed by atoms with Gasteiger partial charge in [-0.15, -0.1) is 0 Å². The normalized spacial score (nSPS) is 15.4. The maximum absolute atomic E-state index is 12.5. The molecule has 1 amide bonds. The lowest BCUT2D eigenvalue weighted by molar-refractivity contribution is -0.146. The van der Waals surface area contributed by atoms with Crippen molar-refractivity contribution in [3.05, 3.63) is 48.5 Å². The third-order valence-corrected chi connectivity index (χ3v) is 4.23. The Balaban J connectivity index is 1.64. The Morgan fingerprint density at radius 1 is 1.17 bits per heavy atom. The minimum atomic E-state index is -0.179. The van der Waals surface area contributed by atoms with Gasteiger partial charge >= 0.3 is 5.97 Å². The van der Waals surface area contributed by atoms with Crippen molar-refractivity contribution in [1.82, 2.24) is 14.5 Å². The second-order valence-corrected chi connectivity index (χ2v) is 5.61. The van der Waals surface area contributed by atoms with Gasteiger partial charge in [-0.1, -0.05) is 0 Å². The fraction of sp³-hybridized carbons (Fsp3) is 0.353. The number of methoxy groups -OCH3 is 1. The molecule has 1 fully saturated rings. The fourth-order valence-electron chi connectivity index (χ4n) is 2.86. The van der Waals surface area contributed by atoms with E-state index in [0.717, 1.165) is 5.69 Å². The summed E-state index contributed by atoms with van der Waals surface area (Å²) in [7, 11) is 1.40. The zero-order valence-corrected chi connectivity index (χ0v) is 13.0. The van der Waals surface area contributed by atoms with Crippen LogP contribution < -0.4 is 0 Å². The van der Waals surface area contributed by atoms with Gasteiger partial charge in [0.1, 0.15) is 0 Å². The van der Waals surface area contributed by atoms with Gasteiger partial charge in [0.05, 0.1) is 19.4 Å². The smallest absolute Gasteiger partial charge is 0.308 e. The molecule has 6 heteroatoms. The molecule has 0 atom stereocenters. The highest BCUT2D eigenvalue weighted by Crippen LogP contribution is 2.20. The first-order valence-electron chi connectivity index (χ1n) is 7.64. The van der Waals surface area contributed by atoms with Crippen LogP contribution in [0.4, 0.5) is 0 Å². The minimum absolute atomic E-state index is 0.00509. The molecule has 2 aromatic rings. The number of hydrogen-bond acceptors (Lipinski definition) is 4. The Bertz CT molecular complexity index is 672. The summed E-state index contributed by atoms with van der Waals surface area (Å²) in [6, 6.07) is 7.44. The highest BCUT2D eigenvalue weighted by atomic mass is 16.5. The van der Waals surface area contributed by atoms with Crippen LogP contribution in [0, 0.1) is 5.92 Å². The molecule has 1 aliphatic heterocycles. The van der Waals surface area contributed by atoms with E-state index < -0.39 is 0 Å². The quantitative estimate of drug-likeness (QED) is 0.812. The molecule has 0 radical (unpaired) electrons. The van der Waals surface area contributed by atoms with Crippen LogP contribution >= 0.6 is 0 Å². The molecule has 1 aromatic heterocycles. The number of amides is 1. The molecule has 3 rings (SSSR count). The predicted molar refractivity (Wildman–Crippen MR) is 84.2 cm³/mol. The Labute approximate surface area is 134 Å². The van der Waals surface area contributed by atoms with Gasteiger partial charge in [-0.2, -0.15) is 0 Å². The number of likely N-dealkylation sites (tertiary alicyclic amines) is 1. The number of carbonyl (C=O) groups excluding carboxylic acids is 2. The lowest BCUT2D eigenvalue weighted by Crippen LogP contribution is -2.40. The SMILES string of the molecule is COC(=O)C1CCN(C(=O)c2ccc(-n3ccnc3)cc2)CC1. The van der Waals surface area contributed by atoms with Crippen molar-refractivity contribution in [2.24, 2.45) is 5.92 Å². The first-order valence-corrected chi connectivity index (χ1v) is 7.64. The molecular formula is C17H19N3O3. The molecule has 0 spiro atoms. The first kappa shape index (κ1) is 15.3. The average molecular weight is 313 g/mol. The number of nitrogens with zero attached hydrogens (tertiary/aromatic N) is 3. The molecule has 0 bridgehead atoms. The largest absolute Gasteiger partial charge is 0.469 e. The molecule has 0 unspecified atom stereocenters. The van der Waals surface area contributed by atoms with Crippen molar-refractivity contribution in [3.63, 3.8) is 0 Å². The van der Waals surface area contributed by atoms with Gasteiger partial charge in [-0.25, -0.2) is 4.98 Å². The number of ether oxygens (including phenoxy) is 1. The highest BCUT2D eigenvalue weighted by Gasteiger charge is 2.28. The van der Waals surface area contributed by atoms with Crippen LogP contribution in [0.15, 0.2) is 43.0 Å². The lowest BCUT2D eigenvalue weighted by Gasteiger charge is -2.30. The third-order valence-electron chi connectivity index (χ3n) is 4.23. The van der Waals surface area contributed by atoms with Crippen molar-refractivity contribution in [2.45, 2.75) is 12.8 Å². The van der Waals surface area contributed by atoms with Crippen LogP contribution in [-0.2, 0) is 9.53 Å². The number of piperidine rings is 1. The molecule has 1 aromatic carbocycles. The Morgan fingerprint density at radius 3 is 2.43 bits per heavy atom. The minimum Gasteiger partial charge on any atom is -0.469 e. The molecule has 0 saturated carbocycles. The molecule has 0 N–H and O–H groups in total. The summed E-state index contributed by atoms with van der Waals surface area (Å²) < 4.78 is 6.65. The summed E-state index contributed by atoms with van der Waals surface area (Å²) >= 11 is 0. The Hall–Kier alpha value is -2.63. The Kier molecular flexibility index (Phi) is 4.41. The van der Waals surface area contributed by atoms with Gasteiger partial charge in [-0.05, 0) is 37.1 Å². The highest BCUT2D eigenvalue weighted by molar-refractivity contribution is 5.94. The van der Waals surface area contributed by atoms with E-state index in [1.807, 2.05) is 35.0 Å². The lowest BCUT2D eigenvalue weighted by atomic mass is 9.96. The van der Waals surface area contributed by atoms with Gasteiger partial charge in [0.2, 0.25) is 0 Å². The van der Waals surface area contributed by atoms with E-state index >= 15 is 0 Å². The summed E-state index contributed by atoms with van der Waals surface area (Å²) in [5.41, 5.74) is 1.62. The van der Waals surface area contributed by atoms with E-state index in [1.165, 1.54) is 7.11 Å². The number of hydrogen-bond donors (Lipinski definition) is 0. The number of carbonyl (C=O) groups is 2. The van der Waals surface area contributed by atoms with E-state index in [9.17, 15) is 9.59 Å². The molecule has 2 heterocycles. The monoisotopic (exact) mass is 313 g/mol. The molecule has 120 valence electrons. The number of benzene rings is 1. The summed E-state index contributed by atoms with van der Waals surface area (Å²) in [6.07, 6.45) is 6.60. The van der Waals surface area contributed by atoms with Gasteiger partial charge < -0.3 is 14.2 Å². The first-order chi connectivity index (χ1) is 11.2. The van der Waals surface area contributed by atoms with Crippen LogP contribution in [0.1, 0.15) is 23.2 Å². The number of esters is 1. The summed E-state index contributed by atoms with van der Waals surface area (Å²) in [5.74, 6) is -0.264. The number of rotatable bonds is 3. The Morgan fingerprint density at radius 2 is 1.87 bits per heavy atom. The van der Waals surface area contributed by atoms with Gasteiger partial charge in [0.25, 0.3) is 5.91 Å². The summed E-state index contributed by atoms with van der Waals surface area (Å²) in [4.78, 5) is 29.9. The van der Waals surface area contributed by atoms with Crippen LogP contribution in [0.5, 0.6) is 0 Å². The van der Waals surface area contributed by atoms with Crippen LogP contribution in [0.3, 0.4) is 0 Å². The zero-order chi connectivity index (χ0) is 16.2. The third kappa shape index (κ3) is 3.26. The van der Waals surface area contributed by atoms with Crippen LogP contribution in [0.25, 0.3) is 5.69 Å². The summed E-state index contributed by atoms with van der Waals surface area (Å²) in [5, 5.41) is 0. The second-order valence-electron chi connectivity index (χ2n) is 5.61. The van der Waals surface area contributed by atoms with E-state index in [4.69, 9.17) is 4.74 Å². The van der Waals surface area contributed by atoms with E-state index in [0.29, 0.717) is 31.5 Å². The topological polar surface area (TPSA) is 64.4 Å². The zero-order valence-electron chi connectivity index (χ0n) is 13.0. The maximum Gasteiger partial charge on any atom is 0.308 e. The van der Waals surface area contributed by atoms with Crippen molar-refractivity contribution in [1.29, 1.82) is 0 Å². The van der Waals surface area contributed by atoms with E-state index in [1.54, 1.807) is 17.4 Å². The predicted octanol–water partition coefficient (Wildman–Crippen LogP) is 1.90. The van der Waals surface area contributed by atoms with Crippen molar-refractivity contribution < 1.29 is 14.3 Å². The summed E-state index contributed by atoms with van der Waals surface area (Å²) in [6.45, 7) is 1.17. The van der Waals surface area contributed by atoms with Crippen molar-refractivity contribution >= 4 is 11.9 Å². The van der Waals surface area contributed by atoms with E-state index in [2.05, 4.69) is 4.98 Å². The van der Waals surface area contributed by atoms with Crippen LogP contribution in [0.2, 0.25) is 0 Å². The number of imidazole rings is 1. The van der Waals surface area contributed by atoms with Gasteiger partial charge in [0, 0.05) is 36.7 Å². The molecule has 1 saturated heterocycles. The van der Waals surface area contributed by atoms with E-state index in [-0.39, 0.29) is 17.8 Å². The molecule has 23 heavy (non-hydrogen) atoms. The second kappa shape index (κ2) is 6.64. The molecule has 0 aliphatic carbocycles. The van der Waals surface area contributed by atoms with Crippen LogP contribution in [-0.4, -0.2) is 46.5 Å². The van der Waals surface area contributed by atoms with Gasteiger partial charge in [-0.3, -0.25) is 9.59 Å². The molecule has 1 aliphatic rings. The van der Waals surface area contributed by atoms with Gasteiger partial charge in [0.15, 0.2) is 0 Å². The average Bonchev–Trinajstić information content (AvgIpc) is 3.15. The standard InChI is InChI=1S/C17H19N3O3/c1-23-17(22)14-6-9-19(10-7-14)16(21)13-2-4-15(5-3-13)20-11-8-18-12-20/h2-5,8,11-12,14H,6-7,9-10H2,1H3.